The van der Waals surface area contributed by atoms with Crippen molar-refractivity contribution in [1.82, 2.24) is 15.5 Å². The molecule has 2 rings (SSSR count). The first-order valence-electron chi connectivity index (χ1n) is 9.66. The van der Waals surface area contributed by atoms with E-state index in [2.05, 4.69) is 15.6 Å². The predicted molar refractivity (Wildman–Crippen MR) is 120 cm³/mol. The zero-order valence-electron chi connectivity index (χ0n) is 17.1. The van der Waals surface area contributed by atoms with Crippen LogP contribution in [0.4, 0.5) is 13.2 Å². The molecule has 1 saturated heterocycles. The van der Waals surface area contributed by atoms with Gasteiger partial charge in [-0.1, -0.05) is 25.1 Å². The van der Waals surface area contributed by atoms with Gasteiger partial charge in [-0.25, -0.2) is 0 Å². The lowest BCUT2D eigenvalue weighted by Gasteiger charge is -2.31. The summed E-state index contributed by atoms with van der Waals surface area (Å²) in [5.41, 5.74) is 0.0433. The number of hydrogen-bond acceptors (Lipinski definition) is 2. The standard InChI is InChI=1S/C20H29F3N4O.HI/c1-4-24-19(26-17-8-9-18(28)27(3)13-17)25-11-10-14(2)15-6-5-7-16(12-15)20(21,22)23;/h5-7,12,14,17H,4,8-11,13H2,1-3H3,(H2,24,25,26);1H. The second-order valence-electron chi connectivity index (χ2n) is 7.23. The molecule has 0 bridgehead atoms. The number of likely N-dealkylation sites (tertiary alicyclic amines) is 1. The van der Waals surface area contributed by atoms with Gasteiger partial charge in [0, 0.05) is 39.1 Å². The van der Waals surface area contributed by atoms with E-state index in [1.54, 1.807) is 18.0 Å². The summed E-state index contributed by atoms with van der Waals surface area (Å²) in [6.45, 7) is 5.71. The average Bonchev–Trinajstić information content (AvgIpc) is 2.64. The molecule has 1 aromatic rings. The Morgan fingerprint density at radius 3 is 2.72 bits per heavy atom. The summed E-state index contributed by atoms with van der Waals surface area (Å²) < 4.78 is 38.7. The van der Waals surface area contributed by atoms with Crippen LogP contribution >= 0.6 is 24.0 Å². The smallest absolute Gasteiger partial charge is 0.357 e. The van der Waals surface area contributed by atoms with Crippen molar-refractivity contribution in [3.63, 3.8) is 0 Å². The molecule has 1 fully saturated rings. The molecule has 29 heavy (non-hydrogen) atoms. The third-order valence-corrected chi connectivity index (χ3v) is 4.93. The Hall–Kier alpha value is -1.52. The highest BCUT2D eigenvalue weighted by molar-refractivity contribution is 14.0. The largest absolute Gasteiger partial charge is 0.416 e. The van der Waals surface area contributed by atoms with Gasteiger partial charge in [0.15, 0.2) is 5.96 Å². The summed E-state index contributed by atoms with van der Waals surface area (Å²) in [5, 5.41) is 6.53. The number of hydrogen-bond donors (Lipinski definition) is 2. The first kappa shape index (κ1) is 25.5. The summed E-state index contributed by atoms with van der Waals surface area (Å²) in [5.74, 6) is 0.786. The molecule has 0 radical (unpaired) electrons. The van der Waals surface area contributed by atoms with E-state index in [9.17, 15) is 18.0 Å². The molecule has 0 spiro atoms. The number of alkyl halides is 3. The monoisotopic (exact) mass is 526 g/mol. The molecule has 1 aromatic carbocycles. The summed E-state index contributed by atoms with van der Waals surface area (Å²) in [6.07, 6.45) is -2.42. The van der Waals surface area contributed by atoms with Crippen molar-refractivity contribution in [1.29, 1.82) is 0 Å². The lowest BCUT2D eigenvalue weighted by atomic mass is 9.96. The minimum Gasteiger partial charge on any atom is -0.357 e. The molecule has 1 aliphatic heterocycles. The Morgan fingerprint density at radius 2 is 2.10 bits per heavy atom. The van der Waals surface area contributed by atoms with E-state index in [1.165, 1.54) is 12.1 Å². The van der Waals surface area contributed by atoms with Gasteiger partial charge in [0.05, 0.1) is 5.56 Å². The number of aliphatic imine (C=N–C) groups is 1. The summed E-state index contributed by atoms with van der Waals surface area (Å²) in [7, 11) is 1.79. The van der Waals surface area contributed by atoms with Gasteiger partial charge < -0.3 is 15.5 Å². The van der Waals surface area contributed by atoms with Crippen LogP contribution in [0.1, 0.15) is 50.2 Å². The number of rotatable bonds is 6. The van der Waals surface area contributed by atoms with E-state index in [-0.39, 0.29) is 41.8 Å². The Morgan fingerprint density at radius 1 is 1.38 bits per heavy atom. The highest BCUT2D eigenvalue weighted by Crippen LogP contribution is 2.31. The van der Waals surface area contributed by atoms with E-state index >= 15 is 0 Å². The fourth-order valence-electron chi connectivity index (χ4n) is 3.20. The summed E-state index contributed by atoms with van der Waals surface area (Å²) in [6, 6.07) is 5.62. The Kier molecular flexibility index (Phi) is 10.2. The van der Waals surface area contributed by atoms with Crippen LogP contribution in [-0.2, 0) is 11.0 Å². The Bertz CT molecular complexity index is 697. The van der Waals surface area contributed by atoms with Gasteiger partial charge in [-0.2, -0.15) is 13.2 Å². The van der Waals surface area contributed by atoms with Gasteiger partial charge in [0.2, 0.25) is 5.91 Å². The minimum atomic E-state index is -4.33. The molecular weight excluding hydrogens is 496 g/mol. The summed E-state index contributed by atoms with van der Waals surface area (Å²) in [4.78, 5) is 17.9. The highest BCUT2D eigenvalue weighted by atomic mass is 127. The fraction of sp³-hybridized carbons (Fsp3) is 0.600. The van der Waals surface area contributed by atoms with Crippen molar-refractivity contribution in [3.8, 4) is 0 Å². The first-order valence-corrected chi connectivity index (χ1v) is 9.66. The number of halogens is 4. The molecule has 1 aliphatic rings. The quantitative estimate of drug-likeness (QED) is 0.335. The van der Waals surface area contributed by atoms with E-state index in [1.807, 2.05) is 13.8 Å². The van der Waals surface area contributed by atoms with Gasteiger partial charge >= 0.3 is 6.18 Å². The molecular formula is C20H30F3IN4O. The Labute approximate surface area is 187 Å². The molecule has 5 nitrogen and oxygen atoms in total. The number of likely N-dealkylation sites (N-methyl/N-ethyl adjacent to an activating group) is 1. The number of carbonyl (C=O) groups excluding carboxylic acids is 1. The molecule has 2 atom stereocenters. The SMILES string of the molecule is CCNC(=NCCC(C)c1cccc(C(F)(F)F)c1)NC1CCC(=O)N(C)C1.I. The molecule has 2 unspecified atom stereocenters. The fourth-order valence-corrected chi connectivity index (χ4v) is 3.20. The number of guanidine groups is 1. The van der Waals surface area contributed by atoms with E-state index in [4.69, 9.17) is 0 Å². The second kappa shape index (κ2) is 11.6. The summed E-state index contributed by atoms with van der Waals surface area (Å²) >= 11 is 0. The molecule has 9 heteroatoms. The molecule has 0 saturated carbocycles. The van der Waals surface area contributed by atoms with E-state index < -0.39 is 11.7 Å². The molecule has 2 N–H and O–H groups in total. The normalized spacial score (nSPS) is 18.8. The molecule has 0 aromatic heterocycles. The van der Waals surface area contributed by atoms with Gasteiger partial charge in [-0.05, 0) is 37.3 Å². The predicted octanol–water partition coefficient (Wildman–Crippen LogP) is 3.99. The van der Waals surface area contributed by atoms with E-state index in [0.29, 0.717) is 44.0 Å². The Balaban J connectivity index is 0.00000420. The van der Waals surface area contributed by atoms with Crippen LogP contribution in [0.25, 0.3) is 0 Å². The minimum absolute atomic E-state index is 0. The number of carbonyl (C=O) groups is 1. The number of piperidine rings is 1. The third kappa shape index (κ3) is 8.02. The highest BCUT2D eigenvalue weighted by Gasteiger charge is 2.30. The second-order valence-corrected chi connectivity index (χ2v) is 7.23. The van der Waals surface area contributed by atoms with Crippen LogP contribution in [0.3, 0.4) is 0 Å². The van der Waals surface area contributed by atoms with Crippen LogP contribution in [0.2, 0.25) is 0 Å². The maximum Gasteiger partial charge on any atom is 0.416 e. The van der Waals surface area contributed by atoms with Crippen LogP contribution in [-0.4, -0.2) is 49.5 Å². The van der Waals surface area contributed by atoms with Crippen LogP contribution in [0.5, 0.6) is 0 Å². The van der Waals surface area contributed by atoms with Crippen molar-refractivity contribution >= 4 is 35.8 Å². The van der Waals surface area contributed by atoms with E-state index in [0.717, 1.165) is 12.5 Å². The topological polar surface area (TPSA) is 56.7 Å². The maximum absolute atomic E-state index is 12.9. The van der Waals surface area contributed by atoms with Gasteiger partial charge in [-0.3, -0.25) is 9.79 Å². The van der Waals surface area contributed by atoms with Crippen LogP contribution in [0.15, 0.2) is 29.3 Å². The van der Waals surface area contributed by atoms with Crippen molar-refractivity contribution < 1.29 is 18.0 Å². The van der Waals surface area contributed by atoms with Crippen molar-refractivity contribution in [2.24, 2.45) is 4.99 Å². The van der Waals surface area contributed by atoms with Gasteiger partial charge in [0.25, 0.3) is 0 Å². The third-order valence-electron chi connectivity index (χ3n) is 4.93. The zero-order chi connectivity index (χ0) is 20.7. The van der Waals surface area contributed by atoms with Crippen molar-refractivity contribution in [3.05, 3.63) is 35.4 Å². The first-order chi connectivity index (χ1) is 13.2. The van der Waals surface area contributed by atoms with Gasteiger partial charge in [-0.15, -0.1) is 24.0 Å². The molecule has 1 amide bonds. The van der Waals surface area contributed by atoms with Crippen LogP contribution in [0, 0.1) is 0 Å². The maximum atomic E-state index is 12.9. The lowest BCUT2D eigenvalue weighted by Crippen LogP contribution is -2.51. The number of nitrogens with zero attached hydrogens (tertiary/aromatic N) is 2. The zero-order valence-corrected chi connectivity index (χ0v) is 19.4. The van der Waals surface area contributed by atoms with Gasteiger partial charge in [0.1, 0.15) is 0 Å². The molecule has 164 valence electrons. The van der Waals surface area contributed by atoms with Crippen molar-refractivity contribution in [2.75, 3.05) is 26.7 Å². The number of amides is 1. The number of benzene rings is 1. The molecule has 0 aliphatic carbocycles. The molecule has 1 heterocycles. The number of nitrogens with one attached hydrogen (secondary N) is 2. The average molecular weight is 526 g/mol. The van der Waals surface area contributed by atoms with Crippen molar-refractivity contribution in [2.45, 2.75) is 51.2 Å². The van der Waals surface area contributed by atoms with Crippen LogP contribution < -0.4 is 10.6 Å². The lowest BCUT2D eigenvalue weighted by molar-refractivity contribution is -0.137.